The molecule has 0 saturated carbocycles. The molecule has 1 aromatic heterocycles. The minimum absolute atomic E-state index is 0.000510. The minimum atomic E-state index is -0.0886. The molecular weight excluding hydrogens is 510 g/mol. The molecule has 3 aromatic carbocycles. The molecule has 41 heavy (non-hydrogen) atoms. The molecule has 0 spiro atoms. The van der Waals surface area contributed by atoms with E-state index < -0.39 is 0 Å². The number of carbonyl (C=O) groups is 1. The number of nitrogens with one attached hydrogen (secondary N) is 4. The number of nitrogens with zero attached hydrogens (tertiary/aromatic N) is 1. The highest BCUT2D eigenvalue weighted by Crippen LogP contribution is 2.42. The van der Waals surface area contributed by atoms with E-state index in [1.807, 2.05) is 18.3 Å². The van der Waals surface area contributed by atoms with Crippen molar-refractivity contribution < 1.29 is 9.53 Å². The van der Waals surface area contributed by atoms with Gasteiger partial charge in [-0.1, -0.05) is 66.7 Å². The van der Waals surface area contributed by atoms with Crippen LogP contribution < -0.4 is 20.7 Å². The van der Waals surface area contributed by atoms with Crippen LogP contribution in [0, 0.1) is 12.8 Å². The predicted octanol–water partition coefficient (Wildman–Crippen LogP) is 5.43. The molecule has 6 rings (SSSR count). The van der Waals surface area contributed by atoms with Crippen LogP contribution >= 0.6 is 0 Å². The number of amides is 1. The van der Waals surface area contributed by atoms with Crippen molar-refractivity contribution in [2.24, 2.45) is 5.92 Å². The number of carbonyl (C=O) groups excluding carboxylic acids is 1. The van der Waals surface area contributed by atoms with Gasteiger partial charge in [0, 0.05) is 36.7 Å². The van der Waals surface area contributed by atoms with Crippen LogP contribution in [0.3, 0.4) is 0 Å². The Balaban J connectivity index is 1.32. The summed E-state index contributed by atoms with van der Waals surface area (Å²) in [5.41, 5.74) is 6.39. The van der Waals surface area contributed by atoms with Gasteiger partial charge in [0.15, 0.2) is 0 Å². The van der Waals surface area contributed by atoms with Gasteiger partial charge in [0.2, 0.25) is 0 Å². The fraction of sp³-hybridized carbons (Fsp3) is 0.353. The van der Waals surface area contributed by atoms with Crippen molar-refractivity contribution in [1.82, 2.24) is 25.9 Å². The molecule has 3 unspecified atom stereocenters. The highest BCUT2D eigenvalue weighted by atomic mass is 16.5. The van der Waals surface area contributed by atoms with Gasteiger partial charge in [0.25, 0.3) is 5.91 Å². The second-order valence-corrected chi connectivity index (χ2v) is 11.2. The number of aromatic amines is 1. The maximum absolute atomic E-state index is 13.4. The van der Waals surface area contributed by atoms with Crippen LogP contribution in [0.2, 0.25) is 0 Å². The monoisotopic (exact) mass is 549 g/mol. The van der Waals surface area contributed by atoms with Gasteiger partial charge in [0.1, 0.15) is 5.75 Å². The summed E-state index contributed by atoms with van der Waals surface area (Å²) in [7, 11) is 0. The molecule has 1 amide bonds. The number of H-pyrrole nitrogens is 1. The molecular formula is C34H39N5O2. The Morgan fingerprint density at radius 1 is 1.00 bits per heavy atom. The summed E-state index contributed by atoms with van der Waals surface area (Å²) in [5.74, 6) is 1.19. The molecule has 7 heteroatoms. The van der Waals surface area contributed by atoms with Gasteiger partial charge in [-0.3, -0.25) is 4.79 Å². The van der Waals surface area contributed by atoms with Gasteiger partial charge in [-0.25, -0.2) is 4.98 Å². The maximum atomic E-state index is 13.4. The Labute approximate surface area is 242 Å². The maximum Gasteiger partial charge on any atom is 0.255 e. The van der Waals surface area contributed by atoms with Crippen LogP contribution in [0.4, 0.5) is 0 Å². The lowest BCUT2D eigenvalue weighted by atomic mass is 9.81. The van der Waals surface area contributed by atoms with Crippen LogP contribution in [0.1, 0.15) is 75.6 Å². The lowest BCUT2D eigenvalue weighted by molar-refractivity contribution is 0.0938. The number of imidazole rings is 1. The Bertz CT molecular complexity index is 1430. The molecule has 0 radical (unpaired) electrons. The summed E-state index contributed by atoms with van der Waals surface area (Å²) >= 11 is 0. The molecule has 1 fully saturated rings. The van der Waals surface area contributed by atoms with E-state index in [9.17, 15) is 4.79 Å². The van der Waals surface area contributed by atoms with Crippen molar-refractivity contribution in [2.45, 2.75) is 44.2 Å². The Hall–Kier alpha value is -3.94. The number of aromatic nitrogens is 2. The molecule has 0 bridgehead atoms. The summed E-state index contributed by atoms with van der Waals surface area (Å²) in [6.07, 6.45) is 6.64. The number of hydrogen-bond donors (Lipinski definition) is 4. The lowest BCUT2D eigenvalue weighted by Crippen LogP contribution is -2.37. The number of aryl methyl sites for hydroxylation is 1. The standard InChI is InChI=1S/C34H39N5O2/c1-23-8-5-6-11-26(23)31(25-9-3-2-4-10-25)32(30-21-36-22-38-30)39-29-16-19-41-33-27(29)12-7-13-28(33)34(40)37-20-24-14-17-35-18-15-24/h2-13,21-22,24,29,31-32,35,39H,14-20H2,1H3,(H,36,38)(H,37,40). The second-order valence-electron chi connectivity index (χ2n) is 11.2. The van der Waals surface area contributed by atoms with Gasteiger partial charge < -0.3 is 25.7 Å². The molecule has 4 N–H and O–H groups in total. The molecule has 1 saturated heterocycles. The van der Waals surface area contributed by atoms with E-state index in [1.165, 1.54) is 16.7 Å². The summed E-state index contributed by atoms with van der Waals surface area (Å²) in [5, 5.41) is 10.6. The van der Waals surface area contributed by atoms with E-state index in [0.717, 1.165) is 43.6 Å². The van der Waals surface area contributed by atoms with Crippen molar-refractivity contribution in [3.05, 3.63) is 119 Å². The lowest BCUT2D eigenvalue weighted by Gasteiger charge is -2.35. The minimum Gasteiger partial charge on any atom is -0.492 e. The first-order valence-corrected chi connectivity index (χ1v) is 14.8. The first kappa shape index (κ1) is 27.2. The SMILES string of the molecule is Cc1ccccc1C(c1ccccc1)C(NC1CCOc2c(C(=O)NCC3CCNCC3)cccc21)c1cnc[nH]1. The molecule has 2 aliphatic heterocycles. The third-order valence-electron chi connectivity index (χ3n) is 8.58. The van der Waals surface area contributed by atoms with Gasteiger partial charge in [0.05, 0.1) is 30.2 Å². The van der Waals surface area contributed by atoms with Gasteiger partial charge in [-0.15, -0.1) is 0 Å². The molecule has 3 heterocycles. The van der Waals surface area contributed by atoms with Gasteiger partial charge >= 0.3 is 0 Å². The zero-order valence-corrected chi connectivity index (χ0v) is 23.6. The number of hydrogen-bond acceptors (Lipinski definition) is 5. The van der Waals surface area contributed by atoms with Crippen LogP contribution in [-0.4, -0.2) is 42.1 Å². The highest BCUT2D eigenvalue weighted by molar-refractivity contribution is 5.97. The number of piperidine rings is 1. The fourth-order valence-corrected chi connectivity index (χ4v) is 6.36. The second kappa shape index (κ2) is 12.7. The zero-order valence-electron chi connectivity index (χ0n) is 23.6. The Kier molecular flexibility index (Phi) is 8.44. The normalized spacial score (nSPS) is 18.6. The van der Waals surface area contributed by atoms with Crippen molar-refractivity contribution in [1.29, 1.82) is 0 Å². The van der Waals surface area contributed by atoms with Crippen molar-refractivity contribution in [2.75, 3.05) is 26.2 Å². The van der Waals surface area contributed by atoms with Crippen molar-refractivity contribution in [3.8, 4) is 5.75 Å². The molecule has 2 aliphatic rings. The Morgan fingerprint density at radius 2 is 1.80 bits per heavy atom. The number of ether oxygens (including phenoxy) is 1. The largest absolute Gasteiger partial charge is 0.492 e. The van der Waals surface area contributed by atoms with E-state index in [1.54, 1.807) is 6.33 Å². The summed E-state index contributed by atoms with van der Waals surface area (Å²) < 4.78 is 6.19. The van der Waals surface area contributed by atoms with E-state index in [-0.39, 0.29) is 23.9 Å². The van der Waals surface area contributed by atoms with E-state index in [0.29, 0.717) is 30.4 Å². The number of benzene rings is 3. The van der Waals surface area contributed by atoms with Gasteiger partial charge in [-0.2, -0.15) is 0 Å². The van der Waals surface area contributed by atoms with Crippen LogP contribution in [0.5, 0.6) is 5.75 Å². The quantitative estimate of drug-likeness (QED) is 0.223. The third-order valence-corrected chi connectivity index (χ3v) is 8.58. The first-order valence-electron chi connectivity index (χ1n) is 14.8. The molecule has 3 atom stereocenters. The topological polar surface area (TPSA) is 91.1 Å². The average molecular weight is 550 g/mol. The molecule has 4 aromatic rings. The highest BCUT2D eigenvalue weighted by Gasteiger charge is 2.34. The van der Waals surface area contributed by atoms with Gasteiger partial charge in [-0.05, 0) is 61.5 Å². The fourth-order valence-electron chi connectivity index (χ4n) is 6.36. The van der Waals surface area contributed by atoms with Crippen LogP contribution in [0.25, 0.3) is 0 Å². The average Bonchev–Trinajstić information content (AvgIpc) is 3.56. The number of para-hydroxylation sites is 1. The smallest absolute Gasteiger partial charge is 0.255 e. The molecule has 212 valence electrons. The summed E-state index contributed by atoms with van der Waals surface area (Å²) in [6.45, 7) is 5.44. The molecule has 0 aliphatic carbocycles. The summed E-state index contributed by atoms with van der Waals surface area (Å²) in [4.78, 5) is 21.1. The van der Waals surface area contributed by atoms with E-state index in [4.69, 9.17) is 4.74 Å². The summed E-state index contributed by atoms with van der Waals surface area (Å²) in [6, 6.07) is 25.1. The van der Waals surface area contributed by atoms with Crippen LogP contribution in [0.15, 0.2) is 85.3 Å². The zero-order chi connectivity index (χ0) is 28.0. The van der Waals surface area contributed by atoms with Crippen molar-refractivity contribution >= 4 is 5.91 Å². The Morgan fingerprint density at radius 3 is 2.59 bits per heavy atom. The number of fused-ring (bicyclic) bond motifs is 1. The predicted molar refractivity (Wildman–Crippen MR) is 161 cm³/mol. The van der Waals surface area contributed by atoms with Crippen LogP contribution in [-0.2, 0) is 0 Å². The van der Waals surface area contributed by atoms with E-state index >= 15 is 0 Å². The molecule has 7 nitrogen and oxygen atoms in total. The first-order chi connectivity index (χ1) is 20.2. The number of rotatable bonds is 9. The van der Waals surface area contributed by atoms with Crippen molar-refractivity contribution in [3.63, 3.8) is 0 Å². The van der Waals surface area contributed by atoms with E-state index in [2.05, 4.69) is 93.5 Å². The third kappa shape index (κ3) is 6.06.